The zero-order valence-corrected chi connectivity index (χ0v) is 13.8. The first kappa shape index (κ1) is 12.0. The van der Waals surface area contributed by atoms with E-state index >= 15 is 0 Å². The van der Waals surface area contributed by atoms with E-state index in [-0.39, 0.29) is 0 Å². The molecule has 76 valence electrons. The van der Waals surface area contributed by atoms with E-state index in [1.807, 2.05) is 47.0 Å². The van der Waals surface area contributed by atoms with Crippen LogP contribution in [0.15, 0.2) is 25.9 Å². The van der Waals surface area contributed by atoms with Gasteiger partial charge in [0.2, 0.25) is 0 Å². The third-order valence-corrected chi connectivity index (χ3v) is 9.59. The molecule has 0 spiro atoms. The van der Waals surface area contributed by atoms with Gasteiger partial charge >= 0.3 is 0 Å². The van der Waals surface area contributed by atoms with Crippen molar-refractivity contribution >= 4 is 78.9 Å². The van der Waals surface area contributed by atoms with Crippen molar-refractivity contribution in [3.05, 3.63) is 25.9 Å². The highest BCUT2D eigenvalue weighted by atomic mass is 79.9. The van der Waals surface area contributed by atoms with Gasteiger partial charge in [0.25, 0.3) is 0 Å². The molecule has 6 heteroatoms. The van der Waals surface area contributed by atoms with Crippen LogP contribution in [0.5, 0.6) is 0 Å². The highest BCUT2D eigenvalue weighted by Gasteiger charge is 2.25. The maximum Gasteiger partial charge on any atom is 0.0708 e. The third-order valence-electron chi connectivity index (χ3n) is 1.58. The standard InChI is InChI=1S/C8H6Br2S4/c1-3-5(9)13-7(11-3)8-12-4(2)6(10)14-8/h1-2H3/b8-7+. The second kappa shape index (κ2) is 4.84. The van der Waals surface area contributed by atoms with Crippen LogP contribution in [-0.4, -0.2) is 0 Å². The normalized spacial score (nSPS) is 28.3. The third kappa shape index (κ3) is 2.46. The summed E-state index contributed by atoms with van der Waals surface area (Å²) in [4.78, 5) is 2.72. The van der Waals surface area contributed by atoms with Gasteiger partial charge in [-0.1, -0.05) is 47.0 Å². The fourth-order valence-corrected chi connectivity index (χ4v) is 7.72. The molecule has 0 radical (unpaired) electrons. The van der Waals surface area contributed by atoms with E-state index < -0.39 is 0 Å². The van der Waals surface area contributed by atoms with Crippen molar-refractivity contribution < 1.29 is 0 Å². The lowest BCUT2D eigenvalue weighted by Gasteiger charge is -2.00. The van der Waals surface area contributed by atoms with Crippen LogP contribution in [0.1, 0.15) is 13.8 Å². The summed E-state index contributed by atoms with van der Waals surface area (Å²) in [6.07, 6.45) is 0. The highest BCUT2D eigenvalue weighted by Crippen LogP contribution is 2.61. The smallest absolute Gasteiger partial charge is 0.0708 e. The maximum absolute atomic E-state index is 3.57. The number of hydrogen-bond donors (Lipinski definition) is 0. The van der Waals surface area contributed by atoms with Crippen LogP contribution in [0.25, 0.3) is 0 Å². The average molecular weight is 390 g/mol. The molecule has 0 saturated heterocycles. The Balaban J connectivity index is 2.17. The first-order chi connectivity index (χ1) is 6.58. The SMILES string of the molecule is CC1=C(Br)S/C(=C2\SC(C)=C(Br)S2)S1. The molecule has 0 fully saturated rings. The molecule has 0 N–H and O–H groups in total. The van der Waals surface area contributed by atoms with Crippen molar-refractivity contribution in [2.24, 2.45) is 0 Å². The Morgan fingerprint density at radius 3 is 1.29 bits per heavy atom. The molecule has 2 rings (SSSR count). The summed E-state index contributed by atoms with van der Waals surface area (Å²) in [6.45, 7) is 4.30. The minimum atomic E-state index is 1.26. The Labute approximate surface area is 117 Å². The van der Waals surface area contributed by atoms with Crippen LogP contribution in [0, 0.1) is 0 Å². The molecule has 2 aliphatic rings. The summed E-state index contributed by atoms with van der Waals surface area (Å²) in [5, 5.41) is 0. The predicted molar refractivity (Wildman–Crippen MR) is 80.6 cm³/mol. The summed E-state index contributed by atoms with van der Waals surface area (Å²) in [5.41, 5.74) is 0. The zero-order valence-electron chi connectivity index (χ0n) is 7.39. The number of rotatable bonds is 0. The van der Waals surface area contributed by atoms with E-state index in [1.165, 1.54) is 25.9 Å². The van der Waals surface area contributed by atoms with Gasteiger partial charge in [-0.25, -0.2) is 0 Å². The molecule has 0 unspecified atom stereocenters. The topological polar surface area (TPSA) is 0 Å². The Morgan fingerprint density at radius 2 is 1.07 bits per heavy atom. The van der Waals surface area contributed by atoms with Gasteiger partial charge in [-0.05, 0) is 45.7 Å². The van der Waals surface area contributed by atoms with E-state index in [9.17, 15) is 0 Å². The Bertz CT molecular complexity index is 313. The molecule has 0 atom stereocenters. The van der Waals surface area contributed by atoms with Crippen LogP contribution in [0.2, 0.25) is 0 Å². The van der Waals surface area contributed by atoms with Gasteiger partial charge in [0.15, 0.2) is 0 Å². The van der Waals surface area contributed by atoms with Crippen LogP contribution < -0.4 is 0 Å². The van der Waals surface area contributed by atoms with Gasteiger partial charge in [0.05, 0.1) is 16.1 Å². The van der Waals surface area contributed by atoms with Crippen molar-refractivity contribution in [1.82, 2.24) is 0 Å². The second-order valence-electron chi connectivity index (χ2n) is 2.64. The quantitative estimate of drug-likeness (QED) is 0.480. The molecule has 0 aromatic carbocycles. The molecule has 0 aromatic heterocycles. The van der Waals surface area contributed by atoms with Crippen molar-refractivity contribution in [2.45, 2.75) is 13.8 Å². The minimum Gasteiger partial charge on any atom is -0.0840 e. The first-order valence-electron chi connectivity index (χ1n) is 3.76. The van der Waals surface area contributed by atoms with Crippen molar-refractivity contribution in [3.8, 4) is 0 Å². The average Bonchev–Trinajstić information content (AvgIpc) is 2.60. The van der Waals surface area contributed by atoms with E-state index in [1.54, 1.807) is 0 Å². The van der Waals surface area contributed by atoms with Crippen LogP contribution in [0.4, 0.5) is 0 Å². The monoisotopic (exact) mass is 388 g/mol. The summed E-state index contributed by atoms with van der Waals surface area (Å²) >= 11 is 14.5. The molecule has 0 aromatic rings. The molecule has 0 amide bonds. The fraction of sp³-hybridized carbons (Fsp3) is 0.250. The van der Waals surface area contributed by atoms with Crippen LogP contribution in [-0.2, 0) is 0 Å². The first-order valence-corrected chi connectivity index (χ1v) is 8.61. The Hall–Kier alpha value is 1.58. The van der Waals surface area contributed by atoms with Gasteiger partial charge in [-0.15, -0.1) is 0 Å². The molecule has 2 heterocycles. The summed E-state index contributed by atoms with van der Waals surface area (Å²) in [6, 6.07) is 0. The lowest BCUT2D eigenvalue weighted by molar-refractivity contribution is 1.72. The lowest BCUT2D eigenvalue weighted by Crippen LogP contribution is -1.66. The van der Waals surface area contributed by atoms with Crippen LogP contribution in [0.3, 0.4) is 0 Å². The molecule has 0 nitrogen and oxygen atoms in total. The largest absolute Gasteiger partial charge is 0.0840 e. The zero-order chi connectivity index (χ0) is 10.3. The van der Waals surface area contributed by atoms with Gasteiger partial charge in [-0.3, -0.25) is 0 Å². The van der Waals surface area contributed by atoms with Crippen molar-refractivity contribution in [1.29, 1.82) is 0 Å². The second-order valence-corrected chi connectivity index (χ2v) is 10.3. The fourth-order valence-electron chi connectivity index (χ4n) is 0.873. The van der Waals surface area contributed by atoms with Gasteiger partial charge in [0, 0.05) is 9.81 Å². The van der Waals surface area contributed by atoms with E-state index in [0.717, 1.165) is 0 Å². The molecular formula is C8H6Br2S4. The van der Waals surface area contributed by atoms with Gasteiger partial charge in [-0.2, -0.15) is 0 Å². The minimum absolute atomic E-state index is 1.26. The van der Waals surface area contributed by atoms with Crippen molar-refractivity contribution in [2.75, 3.05) is 0 Å². The Morgan fingerprint density at radius 1 is 0.714 bits per heavy atom. The summed E-state index contributed by atoms with van der Waals surface area (Å²) in [5.74, 6) is 0. The number of hydrogen-bond acceptors (Lipinski definition) is 4. The van der Waals surface area contributed by atoms with E-state index in [2.05, 4.69) is 45.7 Å². The molecule has 0 bridgehead atoms. The molecule has 0 saturated carbocycles. The summed E-state index contributed by atoms with van der Waals surface area (Å²) in [7, 11) is 0. The maximum atomic E-state index is 3.57. The van der Waals surface area contributed by atoms with Crippen molar-refractivity contribution in [3.63, 3.8) is 0 Å². The number of thioether (sulfide) groups is 4. The number of halogens is 2. The van der Waals surface area contributed by atoms with Gasteiger partial charge < -0.3 is 0 Å². The number of allylic oxidation sites excluding steroid dienone is 2. The predicted octanol–water partition coefficient (Wildman–Crippen LogP) is 6.24. The van der Waals surface area contributed by atoms with E-state index in [4.69, 9.17) is 0 Å². The lowest BCUT2D eigenvalue weighted by atomic mass is 10.8. The van der Waals surface area contributed by atoms with Gasteiger partial charge in [0.1, 0.15) is 0 Å². The Kier molecular flexibility index (Phi) is 4.16. The molecule has 2 aliphatic heterocycles. The van der Waals surface area contributed by atoms with E-state index in [0.29, 0.717) is 0 Å². The molecule has 0 aliphatic carbocycles. The molecular weight excluding hydrogens is 384 g/mol. The highest BCUT2D eigenvalue weighted by molar-refractivity contribution is 9.14. The summed E-state index contributed by atoms with van der Waals surface area (Å²) < 4.78 is 5.31. The molecule has 14 heavy (non-hydrogen) atoms. The van der Waals surface area contributed by atoms with Crippen LogP contribution >= 0.6 is 78.9 Å².